The Kier molecular flexibility index (Phi) is 6.63. The highest BCUT2D eigenvalue weighted by molar-refractivity contribution is 5.97. The molecule has 3 N–H and O–H groups in total. The number of fused-ring (bicyclic) bond motifs is 1. The third-order valence-electron chi connectivity index (χ3n) is 4.91. The molecule has 5 nitrogen and oxygen atoms in total. The van der Waals surface area contributed by atoms with Crippen LogP contribution in [-0.2, 0) is 16.0 Å². The van der Waals surface area contributed by atoms with Gasteiger partial charge >= 0.3 is 0 Å². The summed E-state index contributed by atoms with van der Waals surface area (Å²) in [5, 5.41) is 2.82. The van der Waals surface area contributed by atoms with Gasteiger partial charge < -0.3 is 16.0 Å². The number of amides is 2. The number of nitrogens with zero attached hydrogens (tertiary/aromatic N) is 1. The second kappa shape index (κ2) is 8.49. The third-order valence-corrected chi connectivity index (χ3v) is 4.91. The van der Waals surface area contributed by atoms with Crippen molar-refractivity contribution in [2.24, 2.45) is 11.7 Å². The van der Waals surface area contributed by atoms with Crippen LogP contribution in [0.2, 0.25) is 0 Å². The van der Waals surface area contributed by atoms with Crippen LogP contribution in [0.3, 0.4) is 0 Å². The van der Waals surface area contributed by atoms with Gasteiger partial charge in [0.1, 0.15) is 0 Å². The van der Waals surface area contributed by atoms with Crippen molar-refractivity contribution in [3.05, 3.63) is 29.8 Å². The van der Waals surface area contributed by atoms with Gasteiger partial charge in [0.25, 0.3) is 0 Å². The van der Waals surface area contributed by atoms with E-state index in [2.05, 4.69) is 11.4 Å². The highest BCUT2D eigenvalue weighted by Crippen LogP contribution is 2.27. The summed E-state index contributed by atoms with van der Waals surface area (Å²) in [6.45, 7) is 0.791. The fraction of sp³-hybridized carbons (Fsp3) is 0.556. The molecule has 1 fully saturated rings. The largest absolute Gasteiger partial charge is 0.347 e. The molecule has 0 saturated heterocycles. The molecule has 6 heteroatoms. The zero-order valence-corrected chi connectivity index (χ0v) is 14.7. The average molecular weight is 352 g/mol. The lowest BCUT2D eigenvalue weighted by atomic mass is 9.85. The molecule has 0 aromatic heterocycles. The number of hydrogen-bond donors (Lipinski definition) is 2. The molecule has 2 aliphatic rings. The van der Waals surface area contributed by atoms with Crippen LogP contribution < -0.4 is 16.0 Å². The molecule has 1 saturated carbocycles. The van der Waals surface area contributed by atoms with Crippen molar-refractivity contribution in [1.82, 2.24) is 5.32 Å². The lowest BCUT2D eigenvalue weighted by Gasteiger charge is -2.30. The number of hydrogen-bond acceptors (Lipinski definition) is 3. The lowest BCUT2D eigenvalue weighted by Crippen LogP contribution is -2.45. The molecule has 1 aromatic carbocycles. The number of nitrogens with two attached hydrogens (primary N) is 1. The Balaban J connectivity index is 0.00000208. The van der Waals surface area contributed by atoms with Crippen molar-refractivity contribution < 1.29 is 9.59 Å². The predicted molar refractivity (Wildman–Crippen MR) is 97.3 cm³/mol. The van der Waals surface area contributed by atoms with E-state index in [0.29, 0.717) is 0 Å². The van der Waals surface area contributed by atoms with Crippen LogP contribution >= 0.6 is 12.4 Å². The van der Waals surface area contributed by atoms with Gasteiger partial charge in [0, 0.05) is 24.2 Å². The van der Waals surface area contributed by atoms with Crippen molar-refractivity contribution in [3.63, 3.8) is 0 Å². The average Bonchev–Trinajstić information content (AvgIpc) is 2.59. The van der Waals surface area contributed by atoms with E-state index in [9.17, 15) is 9.59 Å². The summed E-state index contributed by atoms with van der Waals surface area (Å²) >= 11 is 0. The Labute approximate surface area is 149 Å². The third kappa shape index (κ3) is 4.28. The van der Waals surface area contributed by atoms with Crippen LogP contribution in [0.4, 0.5) is 5.69 Å². The van der Waals surface area contributed by atoms with Crippen molar-refractivity contribution in [1.29, 1.82) is 0 Å². The molecule has 0 spiro atoms. The number of rotatable bonds is 3. The Morgan fingerprint density at radius 2 is 2.00 bits per heavy atom. The monoisotopic (exact) mass is 351 g/mol. The Morgan fingerprint density at radius 3 is 2.79 bits per heavy atom. The molecule has 0 bridgehead atoms. The second-order valence-corrected chi connectivity index (χ2v) is 6.62. The fourth-order valence-corrected chi connectivity index (χ4v) is 3.66. The second-order valence-electron chi connectivity index (χ2n) is 6.62. The summed E-state index contributed by atoms with van der Waals surface area (Å²) in [7, 11) is 0. The predicted octanol–water partition coefficient (Wildman–Crippen LogP) is 2.02. The normalized spacial score (nSPS) is 23.0. The van der Waals surface area contributed by atoms with E-state index in [1.165, 1.54) is 5.56 Å². The fourth-order valence-electron chi connectivity index (χ4n) is 3.66. The van der Waals surface area contributed by atoms with Gasteiger partial charge in [-0.15, -0.1) is 12.4 Å². The minimum atomic E-state index is -0.0415. The maximum atomic E-state index is 12.5. The van der Waals surface area contributed by atoms with Gasteiger partial charge in [-0.1, -0.05) is 24.6 Å². The smallest absolute Gasteiger partial charge is 0.246 e. The van der Waals surface area contributed by atoms with Crippen molar-refractivity contribution in [2.75, 3.05) is 18.0 Å². The van der Waals surface area contributed by atoms with Gasteiger partial charge in [0.2, 0.25) is 11.8 Å². The summed E-state index contributed by atoms with van der Waals surface area (Å²) in [6.07, 6.45) is 5.56. The first-order valence-electron chi connectivity index (χ1n) is 8.56. The number of para-hydroxylation sites is 1. The van der Waals surface area contributed by atoms with E-state index < -0.39 is 0 Å². The molecule has 0 radical (unpaired) electrons. The highest BCUT2D eigenvalue weighted by Gasteiger charge is 2.27. The van der Waals surface area contributed by atoms with Crippen LogP contribution in [-0.4, -0.2) is 30.9 Å². The minimum Gasteiger partial charge on any atom is -0.347 e. The molecule has 24 heavy (non-hydrogen) atoms. The van der Waals surface area contributed by atoms with Crippen molar-refractivity contribution in [3.8, 4) is 0 Å². The van der Waals surface area contributed by atoms with Crippen LogP contribution in [0.25, 0.3) is 0 Å². The zero-order chi connectivity index (χ0) is 16.2. The molecule has 3 rings (SSSR count). The van der Waals surface area contributed by atoms with Gasteiger partial charge in [-0.25, -0.2) is 0 Å². The van der Waals surface area contributed by atoms with Gasteiger partial charge in [0.05, 0.1) is 6.54 Å². The molecule has 2 amide bonds. The SMILES string of the molecule is Cl.NC1CCCC(C(=O)NCC(=O)N2CCCc3ccccc32)C1. The van der Waals surface area contributed by atoms with E-state index in [0.717, 1.165) is 50.8 Å². The summed E-state index contributed by atoms with van der Waals surface area (Å²) in [4.78, 5) is 26.5. The molecule has 2 atom stereocenters. The number of carbonyl (C=O) groups excluding carboxylic acids is 2. The number of halogens is 1. The Morgan fingerprint density at radius 1 is 1.21 bits per heavy atom. The molecular formula is C18H26ClN3O2. The van der Waals surface area contributed by atoms with Gasteiger partial charge in [0.15, 0.2) is 0 Å². The summed E-state index contributed by atoms with van der Waals surface area (Å²) in [5.74, 6) is -0.107. The Bertz CT molecular complexity index is 593. The molecule has 1 aliphatic carbocycles. The number of benzene rings is 1. The van der Waals surface area contributed by atoms with Gasteiger partial charge in [-0.05, 0) is 43.7 Å². The van der Waals surface area contributed by atoms with E-state index >= 15 is 0 Å². The minimum absolute atomic E-state index is 0. The quantitative estimate of drug-likeness (QED) is 0.874. The molecule has 1 aliphatic heterocycles. The topological polar surface area (TPSA) is 75.4 Å². The number of nitrogens with one attached hydrogen (secondary N) is 1. The standard InChI is InChI=1S/C18H25N3O2.ClH/c19-15-8-3-6-14(11-15)18(23)20-12-17(22)21-10-4-7-13-5-1-2-9-16(13)21;/h1-2,5,9,14-15H,3-4,6-8,10-12,19H2,(H,20,23);1H. The molecule has 1 heterocycles. The van der Waals surface area contributed by atoms with Gasteiger partial charge in [-0.2, -0.15) is 0 Å². The number of carbonyl (C=O) groups is 2. The van der Waals surface area contributed by atoms with E-state index in [4.69, 9.17) is 5.73 Å². The molecule has 2 unspecified atom stereocenters. The number of aryl methyl sites for hydroxylation is 1. The maximum Gasteiger partial charge on any atom is 0.246 e. The van der Waals surface area contributed by atoms with Crippen LogP contribution in [0, 0.1) is 5.92 Å². The first-order valence-corrected chi connectivity index (χ1v) is 8.56. The summed E-state index contributed by atoms with van der Waals surface area (Å²) in [5.41, 5.74) is 8.12. The maximum absolute atomic E-state index is 12.5. The van der Waals surface area contributed by atoms with Gasteiger partial charge in [-0.3, -0.25) is 9.59 Å². The highest BCUT2D eigenvalue weighted by atomic mass is 35.5. The first-order chi connectivity index (χ1) is 11.1. The van der Waals surface area contributed by atoms with Crippen LogP contribution in [0.15, 0.2) is 24.3 Å². The van der Waals surface area contributed by atoms with Crippen LogP contribution in [0.1, 0.15) is 37.7 Å². The van der Waals surface area contributed by atoms with E-state index in [1.807, 2.05) is 18.2 Å². The summed E-state index contributed by atoms with van der Waals surface area (Å²) < 4.78 is 0. The van der Waals surface area contributed by atoms with Crippen molar-refractivity contribution >= 4 is 29.9 Å². The summed E-state index contributed by atoms with van der Waals surface area (Å²) in [6, 6.07) is 8.11. The zero-order valence-electron chi connectivity index (χ0n) is 13.9. The Hall–Kier alpha value is -1.59. The first kappa shape index (κ1) is 18.7. The molecule has 132 valence electrons. The van der Waals surface area contributed by atoms with E-state index in [1.54, 1.807) is 4.90 Å². The number of anilines is 1. The van der Waals surface area contributed by atoms with E-state index in [-0.39, 0.29) is 42.7 Å². The lowest BCUT2D eigenvalue weighted by molar-refractivity contribution is -0.128. The molecular weight excluding hydrogens is 326 g/mol. The van der Waals surface area contributed by atoms with Crippen LogP contribution in [0.5, 0.6) is 0 Å². The molecule has 1 aromatic rings. The van der Waals surface area contributed by atoms with Crippen molar-refractivity contribution in [2.45, 2.75) is 44.6 Å².